The van der Waals surface area contributed by atoms with Crippen molar-refractivity contribution >= 4 is 16.3 Å². The minimum Gasteiger partial charge on any atom is -0.217 e. The molecule has 4 heteroatoms. The van der Waals surface area contributed by atoms with Crippen LogP contribution in [0.3, 0.4) is 0 Å². The average Bonchev–Trinajstić information content (AvgIpc) is 2.88. The van der Waals surface area contributed by atoms with Gasteiger partial charge in [-0.1, -0.05) is 29.0 Å². The molecule has 2 aromatic heterocycles. The molecule has 0 fully saturated rings. The third kappa shape index (κ3) is 0.925. The number of fused-ring (bicyclic) bond motifs is 5. The van der Waals surface area contributed by atoms with E-state index in [1.54, 1.807) is 11.3 Å². The lowest BCUT2D eigenvalue weighted by Gasteiger charge is -1.99. The van der Waals surface area contributed by atoms with Crippen LogP contribution in [0.1, 0.15) is 16.8 Å². The van der Waals surface area contributed by atoms with Gasteiger partial charge in [-0.2, -0.15) is 5.10 Å². The summed E-state index contributed by atoms with van der Waals surface area (Å²) in [7, 11) is 0. The molecule has 2 heterocycles. The zero-order valence-corrected chi connectivity index (χ0v) is 9.58. The summed E-state index contributed by atoms with van der Waals surface area (Å²) in [6.45, 7) is 2.12. The van der Waals surface area contributed by atoms with Gasteiger partial charge in [0, 0.05) is 12.0 Å². The van der Waals surface area contributed by atoms with Crippen molar-refractivity contribution in [1.82, 2.24) is 14.6 Å². The summed E-state index contributed by atoms with van der Waals surface area (Å²) < 4.78 is 1.97. The van der Waals surface area contributed by atoms with Gasteiger partial charge < -0.3 is 0 Å². The van der Waals surface area contributed by atoms with E-state index in [1.165, 1.54) is 22.4 Å². The van der Waals surface area contributed by atoms with Crippen molar-refractivity contribution in [2.75, 3.05) is 0 Å². The highest BCUT2D eigenvalue weighted by Crippen LogP contribution is 2.37. The number of hydrogen-bond acceptors (Lipinski definition) is 3. The molecular weight excluding hydrogens is 218 g/mol. The standard InChI is InChI=1S/C12H9N3S/c1-7-2-3-8-5-10-11(9(8)4-7)14-12-15(10)13-6-16-12/h2-4,6H,5H2,1H3. The Labute approximate surface area is 96.4 Å². The van der Waals surface area contributed by atoms with Gasteiger partial charge in [-0.3, -0.25) is 0 Å². The van der Waals surface area contributed by atoms with Crippen molar-refractivity contribution in [3.8, 4) is 11.3 Å². The maximum absolute atomic E-state index is 4.65. The van der Waals surface area contributed by atoms with E-state index in [2.05, 4.69) is 35.2 Å². The van der Waals surface area contributed by atoms with Gasteiger partial charge in [0.15, 0.2) is 0 Å². The molecule has 0 radical (unpaired) electrons. The lowest BCUT2D eigenvalue weighted by molar-refractivity contribution is 0.907. The van der Waals surface area contributed by atoms with Crippen molar-refractivity contribution < 1.29 is 0 Å². The Bertz CT molecular complexity index is 708. The van der Waals surface area contributed by atoms with Gasteiger partial charge in [0.25, 0.3) is 0 Å². The molecule has 0 bridgehead atoms. The Balaban J connectivity index is 2.09. The Kier molecular flexibility index (Phi) is 1.43. The monoisotopic (exact) mass is 227 g/mol. The quantitative estimate of drug-likeness (QED) is 0.462. The van der Waals surface area contributed by atoms with E-state index in [1.807, 2.05) is 10.0 Å². The topological polar surface area (TPSA) is 30.2 Å². The highest BCUT2D eigenvalue weighted by molar-refractivity contribution is 7.14. The molecule has 1 aromatic carbocycles. The zero-order chi connectivity index (χ0) is 10.7. The van der Waals surface area contributed by atoms with Crippen LogP contribution >= 0.6 is 11.3 Å². The van der Waals surface area contributed by atoms with Crippen LogP contribution in [0.2, 0.25) is 0 Å². The summed E-state index contributed by atoms with van der Waals surface area (Å²) >= 11 is 1.59. The van der Waals surface area contributed by atoms with Gasteiger partial charge in [0.05, 0.1) is 11.4 Å². The third-order valence-corrected chi connectivity index (χ3v) is 3.79. The fraction of sp³-hybridized carbons (Fsp3) is 0.167. The second-order valence-electron chi connectivity index (χ2n) is 4.18. The molecule has 0 N–H and O–H groups in total. The summed E-state index contributed by atoms with van der Waals surface area (Å²) in [6.07, 6.45) is 0.954. The number of hydrogen-bond donors (Lipinski definition) is 0. The lowest BCUT2D eigenvalue weighted by atomic mass is 10.1. The van der Waals surface area contributed by atoms with E-state index < -0.39 is 0 Å². The normalized spacial score (nSPS) is 13.1. The van der Waals surface area contributed by atoms with Gasteiger partial charge in [-0.05, 0) is 18.6 Å². The smallest absolute Gasteiger partial charge is 0.212 e. The van der Waals surface area contributed by atoms with Crippen molar-refractivity contribution in [3.63, 3.8) is 0 Å². The average molecular weight is 227 g/mol. The van der Waals surface area contributed by atoms with E-state index in [4.69, 9.17) is 0 Å². The molecule has 0 spiro atoms. The predicted octanol–water partition coefficient (Wildman–Crippen LogP) is 2.67. The number of imidazole rings is 1. The fourth-order valence-electron chi connectivity index (χ4n) is 2.36. The Morgan fingerprint density at radius 3 is 3.25 bits per heavy atom. The molecule has 0 amide bonds. The van der Waals surface area contributed by atoms with Crippen molar-refractivity contribution in [1.29, 1.82) is 0 Å². The van der Waals surface area contributed by atoms with E-state index in [0.717, 1.165) is 17.1 Å². The summed E-state index contributed by atoms with van der Waals surface area (Å²) in [4.78, 5) is 5.65. The van der Waals surface area contributed by atoms with Gasteiger partial charge in [0.1, 0.15) is 5.51 Å². The predicted molar refractivity (Wildman–Crippen MR) is 63.8 cm³/mol. The highest BCUT2D eigenvalue weighted by Gasteiger charge is 2.25. The molecule has 3 nitrogen and oxygen atoms in total. The lowest BCUT2D eigenvalue weighted by Crippen LogP contribution is -1.90. The van der Waals surface area contributed by atoms with Crippen LogP contribution in [0.25, 0.3) is 16.2 Å². The Morgan fingerprint density at radius 1 is 1.38 bits per heavy atom. The fourth-order valence-corrected chi connectivity index (χ4v) is 2.99. The first-order valence-electron chi connectivity index (χ1n) is 5.24. The van der Waals surface area contributed by atoms with Crippen molar-refractivity contribution in [2.24, 2.45) is 0 Å². The second kappa shape index (κ2) is 2.71. The van der Waals surface area contributed by atoms with Crippen LogP contribution in [0.15, 0.2) is 23.7 Å². The van der Waals surface area contributed by atoms with Crippen molar-refractivity contribution in [2.45, 2.75) is 13.3 Å². The van der Waals surface area contributed by atoms with Crippen LogP contribution in [0.5, 0.6) is 0 Å². The maximum atomic E-state index is 4.65. The molecule has 0 aliphatic heterocycles. The van der Waals surface area contributed by atoms with Gasteiger partial charge >= 0.3 is 0 Å². The van der Waals surface area contributed by atoms with Crippen LogP contribution in [-0.2, 0) is 6.42 Å². The van der Waals surface area contributed by atoms with Crippen LogP contribution in [0, 0.1) is 6.92 Å². The summed E-state index contributed by atoms with van der Waals surface area (Å²) in [5.41, 5.74) is 8.14. The molecule has 0 unspecified atom stereocenters. The highest BCUT2D eigenvalue weighted by atomic mass is 32.1. The van der Waals surface area contributed by atoms with E-state index >= 15 is 0 Å². The third-order valence-electron chi connectivity index (χ3n) is 3.12. The number of nitrogens with zero attached hydrogens (tertiary/aromatic N) is 3. The first-order valence-corrected chi connectivity index (χ1v) is 6.12. The minimum absolute atomic E-state index is 0.954. The van der Waals surface area contributed by atoms with Gasteiger partial charge in [0.2, 0.25) is 4.96 Å². The number of aryl methyl sites for hydroxylation is 1. The number of rotatable bonds is 0. The van der Waals surface area contributed by atoms with Crippen LogP contribution in [0.4, 0.5) is 0 Å². The zero-order valence-electron chi connectivity index (χ0n) is 8.77. The van der Waals surface area contributed by atoms with Crippen LogP contribution < -0.4 is 0 Å². The SMILES string of the molecule is Cc1ccc2c(c1)-c1nc3scnn3c1C2. The molecule has 1 aliphatic carbocycles. The van der Waals surface area contributed by atoms with E-state index in [9.17, 15) is 0 Å². The molecule has 0 atom stereocenters. The minimum atomic E-state index is 0.954. The molecular formula is C12H9N3S. The molecule has 0 saturated heterocycles. The second-order valence-corrected chi connectivity index (χ2v) is 4.99. The molecule has 78 valence electrons. The van der Waals surface area contributed by atoms with Crippen molar-refractivity contribution in [3.05, 3.63) is 40.5 Å². The molecule has 3 aromatic rings. The maximum Gasteiger partial charge on any atom is 0.212 e. The van der Waals surface area contributed by atoms with E-state index in [-0.39, 0.29) is 0 Å². The first kappa shape index (κ1) is 8.47. The Morgan fingerprint density at radius 2 is 2.31 bits per heavy atom. The van der Waals surface area contributed by atoms with Gasteiger partial charge in [-0.25, -0.2) is 9.50 Å². The van der Waals surface area contributed by atoms with Crippen LogP contribution in [-0.4, -0.2) is 14.6 Å². The van der Waals surface area contributed by atoms with Gasteiger partial charge in [-0.15, -0.1) is 0 Å². The van der Waals surface area contributed by atoms with E-state index in [0.29, 0.717) is 0 Å². The molecule has 1 aliphatic rings. The Hall–Kier alpha value is -1.68. The summed E-state index contributed by atoms with van der Waals surface area (Å²) in [5, 5.41) is 4.33. The first-order chi connectivity index (χ1) is 7.83. The molecule has 16 heavy (non-hydrogen) atoms. The number of aromatic nitrogens is 3. The number of benzene rings is 1. The largest absolute Gasteiger partial charge is 0.217 e. The summed E-state index contributed by atoms with van der Waals surface area (Å²) in [5.74, 6) is 0. The molecule has 4 rings (SSSR count). The molecule has 0 saturated carbocycles. The summed E-state index contributed by atoms with van der Waals surface area (Å²) in [6, 6.07) is 6.58.